The van der Waals surface area contributed by atoms with Gasteiger partial charge in [-0.3, -0.25) is 9.89 Å². The number of fused-ring (bicyclic) bond motifs is 3. The fraction of sp³-hybridized carbons (Fsp3) is 0.536. The van der Waals surface area contributed by atoms with E-state index in [2.05, 4.69) is 30.7 Å². The molecule has 0 spiro atoms. The lowest BCUT2D eigenvalue weighted by Gasteiger charge is -2.41. The number of alkyl halides is 2. The largest absolute Gasteiger partial charge is 0.379 e. The molecule has 0 aliphatic carbocycles. The molecule has 0 bridgehead atoms. The molecule has 1 aromatic carbocycles. The predicted octanol–water partition coefficient (Wildman–Crippen LogP) is 4.16. The van der Waals surface area contributed by atoms with E-state index in [9.17, 15) is 13.2 Å². The zero-order chi connectivity index (χ0) is 27.1. The Morgan fingerprint density at radius 1 is 1.05 bits per heavy atom. The number of halogens is 3. The number of ether oxygens (including phenoxy) is 1. The maximum atomic E-state index is 14.9. The van der Waals surface area contributed by atoms with Crippen molar-refractivity contribution in [1.82, 2.24) is 19.4 Å². The van der Waals surface area contributed by atoms with Crippen LogP contribution in [0, 0.1) is 12.7 Å². The van der Waals surface area contributed by atoms with Crippen LogP contribution < -0.4 is 15.7 Å². The van der Waals surface area contributed by atoms with E-state index in [4.69, 9.17) is 14.7 Å². The quantitative estimate of drug-likeness (QED) is 0.523. The van der Waals surface area contributed by atoms with Crippen LogP contribution in [0.2, 0.25) is 0 Å². The van der Waals surface area contributed by atoms with Gasteiger partial charge < -0.3 is 19.5 Å². The van der Waals surface area contributed by atoms with Crippen LogP contribution in [0.1, 0.15) is 49.2 Å². The van der Waals surface area contributed by atoms with Gasteiger partial charge in [-0.2, -0.15) is 0 Å². The van der Waals surface area contributed by atoms with Gasteiger partial charge in [0.1, 0.15) is 23.3 Å². The van der Waals surface area contributed by atoms with Crippen LogP contribution in [0.25, 0.3) is 11.4 Å². The number of anilines is 2. The van der Waals surface area contributed by atoms with E-state index >= 15 is 0 Å². The average molecular weight is 542 g/mol. The Labute approximate surface area is 225 Å². The summed E-state index contributed by atoms with van der Waals surface area (Å²) in [6.07, 6.45) is -0.730. The summed E-state index contributed by atoms with van der Waals surface area (Å²) in [6, 6.07) is 6.02. The molecule has 2 fully saturated rings. The Morgan fingerprint density at radius 2 is 1.79 bits per heavy atom. The Bertz CT molecular complexity index is 1380. The molecule has 1 aromatic rings. The first kappa shape index (κ1) is 26.1. The Kier molecular flexibility index (Phi) is 7.20. The predicted molar refractivity (Wildman–Crippen MR) is 143 cm³/mol. The summed E-state index contributed by atoms with van der Waals surface area (Å²) in [7, 11) is 0. The SMILES string of the molecule is Cc1nc2n3c(c(N4CCC(N5CCOCC5)CC4)cc-2c(=NC(C)c2cccc(C(F)F)c2F)n1)NCC3. The number of morpholine rings is 1. The molecule has 0 radical (unpaired) electrons. The minimum Gasteiger partial charge on any atom is -0.379 e. The number of nitrogens with zero attached hydrogens (tertiary/aromatic N) is 6. The van der Waals surface area contributed by atoms with E-state index in [0.29, 0.717) is 17.4 Å². The minimum absolute atomic E-state index is 0.123. The Hall–Kier alpha value is -3.18. The number of hydrogen-bond donors (Lipinski definition) is 1. The van der Waals surface area contributed by atoms with Crippen molar-refractivity contribution in [2.45, 2.75) is 51.7 Å². The van der Waals surface area contributed by atoms with Crippen molar-refractivity contribution >= 4 is 11.5 Å². The number of rotatable bonds is 5. The smallest absolute Gasteiger partial charge is 0.266 e. The van der Waals surface area contributed by atoms with Gasteiger partial charge in [0.25, 0.3) is 6.43 Å². The van der Waals surface area contributed by atoms with Crippen molar-refractivity contribution in [3.63, 3.8) is 0 Å². The first-order chi connectivity index (χ1) is 18.9. The fourth-order valence-corrected chi connectivity index (χ4v) is 6.09. The molecule has 5 aliphatic rings. The molecule has 0 saturated carbocycles. The molecule has 1 N–H and O–H groups in total. The van der Waals surface area contributed by atoms with Crippen LogP contribution in [0.15, 0.2) is 29.3 Å². The molecule has 0 aromatic heterocycles. The Balaban J connectivity index is 1.37. The normalized spacial score (nSPS) is 20.1. The van der Waals surface area contributed by atoms with Gasteiger partial charge >= 0.3 is 0 Å². The van der Waals surface area contributed by atoms with E-state index in [1.807, 2.05) is 0 Å². The maximum Gasteiger partial charge on any atom is 0.266 e. The number of aryl methyl sites for hydroxylation is 1. The molecular weight excluding hydrogens is 507 g/mol. The van der Waals surface area contributed by atoms with Crippen molar-refractivity contribution in [3.05, 3.63) is 52.5 Å². The first-order valence-electron chi connectivity index (χ1n) is 13.7. The molecule has 8 nitrogen and oxygen atoms in total. The zero-order valence-corrected chi connectivity index (χ0v) is 22.3. The zero-order valence-electron chi connectivity index (χ0n) is 22.3. The number of benzene rings is 1. The highest BCUT2D eigenvalue weighted by atomic mass is 19.3. The highest BCUT2D eigenvalue weighted by molar-refractivity contribution is 5.77. The van der Waals surface area contributed by atoms with Gasteiger partial charge in [0.05, 0.1) is 36.1 Å². The minimum atomic E-state index is -2.89. The van der Waals surface area contributed by atoms with E-state index in [0.717, 1.165) is 94.3 Å². The third-order valence-electron chi connectivity index (χ3n) is 8.12. The summed E-state index contributed by atoms with van der Waals surface area (Å²) in [4.78, 5) is 19.1. The van der Waals surface area contributed by atoms with E-state index in [-0.39, 0.29) is 5.56 Å². The number of nitrogens with one attached hydrogen (secondary N) is 1. The summed E-state index contributed by atoms with van der Waals surface area (Å²) in [6.45, 7) is 10.5. The van der Waals surface area contributed by atoms with E-state index in [1.54, 1.807) is 13.8 Å². The van der Waals surface area contributed by atoms with Crippen LogP contribution in [-0.2, 0) is 11.3 Å². The number of piperidine rings is 1. The molecule has 5 aliphatic heterocycles. The van der Waals surface area contributed by atoms with Crippen LogP contribution in [0.5, 0.6) is 0 Å². The third kappa shape index (κ3) is 4.98. The maximum absolute atomic E-state index is 14.9. The van der Waals surface area contributed by atoms with Gasteiger partial charge in [-0.1, -0.05) is 18.2 Å². The second kappa shape index (κ2) is 10.8. The lowest BCUT2D eigenvalue weighted by molar-refractivity contribution is 0.0115. The second-order valence-corrected chi connectivity index (χ2v) is 10.5. The molecule has 6 rings (SSSR count). The summed E-state index contributed by atoms with van der Waals surface area (Å²) in [5.41, 5.74) is 1.82. The van der Waals surface area contributed by atoms with Crippen molar-refractivity contribution in [1.29, 1.82) is 0 Å². The van der Waals surface area contributed by atoms with Gasteiger partial charge in [0.15, 0.2) is 5.49 Å². The van der Waals surface area contributed by atoms with Crippen molar-refractivity contribution < 1.29 is 17.9 Å². The monoisotopic (exact) mass is 541 g/mol. The molecule has 0 amide bonds. The van der Waals surface area contributed by atoms with Gasteiger partial charge in [-0.05, 0) is 32.8 Å². The topological polar surface area (TPSA) is 70.8 Å². The number of hydrogen-bond acceptors (Lipinski definition) is 7. The molecule has 1 unspecified atom stereocenters. The molecular formula is C28H34F3N7O. The van der Waals surface area contributed by atoms with E-state index < -0.39 is 23.8 Å². The van der Waals surface area contributed by atoms with Gasteiger partial charge in [-0.25, -0.2) is 23.1 Å². The van der Waals surface area contributed by atoms with Crippen LogP contribution in [0.3, 0.4) is 0 Å². The summed E-state index contributed by atoms with van der Waals surface area (Å²) in [5.74, 6) is 1.44. The lowest BCUT2D eigenvalue weighted by Crippen LogP contribution is -2.49. The number of aromatic nitrogens is 3. The average Bonchev–Trinajstić information content (AvgIpc) is 3.44. The van der Waals surface area contributed by atoms with Crippen molar-refractivity contribution in [2.75, 3.05) is 56.2 Å². The highest BCUT2D eigenvalue weighted by Gasteiger charge is 2.30. The molecule has 1 atom stereocenters. The lowest BCUT2D eigenvalue weighted by atomic mass is 10.0. The fourth-order valence-electron chi connectivity index (χ4n) is 6.09. The molecule has 11 heteroatoms. The summed E-state index contributed by atoms with van der Waals surface area (Å²) >= 11 is 0. The molecule has 39 heavy (non-hydrogen) atoms. The van der Waals surface area contributed by atoms with Crippen LogP contribution in [0.4, 0.5) is 24.7 Å². The molecule has 208 valence electrons. The first-order valence-corrected chi connectivity index (χ1v) is 13.7. The standard InChI is InChI=1S/C28H34F3N7O/c1-17(20-4-3-5-21(24(20)29)25(30)31)33-26-22-16-23(28-32-8-11-38(28)27(22)35-18(2)34-26)37-9-6-19(7-10-37)36-12-14-39-15-13-36/h3-5,16-17,19,25,32H,6-15H2,1-2H3. The van der Waals surface area contributed by atoms with Crippen molar-refractivity contribution in [3.8, 4) is 11.4 Å². The van der Waals surface area contributed by atoms with Crippen LogP contribution in [-0.4, -0.2) is 71.4 Å². The second-order valence-electron chi connectivity index (χ2n) is 10.5. The van der Waals surface area contributed by atoms with Gasteiger partial charge in [-0.15, -0.1) is 0 Å². The number of pyridine rings is 1. The van der Waals surface area contributed by atoms with E-state index in [1.165, 1.54) is 12.1 Å². The van der Waals surface area contributed by atoms with Crippen LogP contribution >= 0.6 is 0 Å². The van der Waals surface area contributed by atoms with Gasteiger partial charge in [0, 0.05) is 50.9 Å². The third-order valence-corrected chi connectivity index (χ3v) is 8.12. The summed E-state index contributed by atoms with van der Waals surface area (Å²) in [5, 5.41) is 3.55. The molecule has 5 heterocycles. The highest BCUT2D eigenvalue weighted by Crippen LogP contribution is 2.37. The van der Waals surface area contributed by atoms with Crippen molar-refractivity contribution in [2.24, 2.45) is 4.99 Å². The molecule has 2 saturated heterocycles. The Morgan fingerprint density at radius 3 is 2.54 bits per heavy atom. The summed E-state index contributed by atoms with van der Waals surface area (Å²) < 4.78 is 49.3. The van der Waals surface area contributed by atoms with Gasteiger partial charge in [0.2, 0.25) is 0 Å².